The van der Waals surface area contributed by atoms with Gasteiger partial charge >= 0.3 is 0 Å². The number of aromatic amines is 1. The number of nitrogens with zero attached hydrogens (tertiary/aromatic N) is 5. The van der Waals surface area contributed by atoms with Crippen LogP contribution in [0.2, 0.25) is 5.02 Å². The first-order valence-electron chi connectivity index (χ1n) is 11.1. The number of methoxy groups -OCH3 is 1. The maximum atomic E-state index is 12.8. The number of benzene rings is 2. The zero-order valence-electron chi connectivity index (χ0n) is 19.5. The molecule has 182 valence electrons. The number of fused-ring (bicyclic) bond motifs is 1. The van der Waals surface area contributed by atoms with Crippen molar-refractivity contribution < 1.29 is 9.53 Å². The van der Waals surface area contributed by atoms with Crippen LogP contribution in [0.15, 0.2) is 65.6 Å². The summed E-state index contributed by atoms with van der Waals surface area (Å²) in [6.45, 7) is 1.79. The number of H-pyrrole nitrogens is 1. The Balaban J connectivity index is 1.42. The van der Waals surface area contributed by atoms with Crippen molar-refractivity contribution in [2.24, 2.45) is 0 Å². The lowest BCUT2D eigenvalue weighted by molar-refractivity contribution is -0.116. The normalized spacial score (nSPS) is 11.1. The number of anilines is 1. The molecule has 1 amide bonds. The first kappa shape index (κ1) is 23.3. The van der Waals surface area contributed by atoms with Crippen LogP contribution in [-0.4, -0.2) is 42.5 Å². The summed E-state index contributed by atoms with van der Waals surface area (Å²) in [5.41, 5.74) is 2.27. The number of amides is 1. The van der Waals surface area contributed by atoms with Crippen molar-refractivity contribution in [2.45, 2.75) is 19.8 Å². The third-order valence-corrected chi connectivity index (χ3v) is 5.81. The quantitative estimate of drug-likeness (QED) is 0.348. The molecule has 0 saturated heterocycles. The van der Waals surface area contributed by atoms with Crippen LogP contribution in [0.3, 0.4) is 0 Å². The molecule has 0 aliphatic carbocycles. The Morgan fingerprint density at radius 3 is 2.69 bits per heavy atom. The molecule has 5 aromatic rings. The number of aryl methyl sites for hydroxylation is 2. The lowest BCUT2D eigenvalue weighted by Crippen LogP contribution is -2.19. The summed E-state index contributed by atoms with van der Waals surface area (Å²) in [4.78, 5) is 32.9. The Hall–Kier alpha value is -4.44. The molecule has 3 aromatic heterocycles. The van der Waals surface area contributed by atoms with Crippen LogP contribution in [0.1, 0.15) is 17.7 Å². The van der Waals surface area contributed by atoms with Crippen LogP contribution in [0.5, 0.6) is 5.75 Å². The molecule has 11 heteroatoms. The van der Waals surface area contributed by atoms with Crippen molar-refractivity contribution in [1.29, 1.82) is 0 Å². The van der Waals surface area contributed by atoms with Gasteiger partial charge in [-0.3, -0.25) is 14.6 Å². The highest BCUT2D eigenvalue weighted by Gasteiger charge is 2.17. The molecule has 0 radical (unpaired) electrons. The Kier molecular flexibility index (Phi) is 6.26. The molecule has 0 fully saturated rings. The Bertz CT molecular complexity index is 1620. The lowest BCUT2D eigenvalue weighted by atomic mass is 10.1. The van der Waals surface area contributed by atoms with Crippen LogP contribution in [0.25, 0.3) is 22.7 Å². The van der Waals surface area contributed by atoms with Gasteiger partial charge in [0.2, 0.25) is 11.9 Å². The first-order valence-corrected chi connectivity index (χ1v) is 11.5. The molecule has 5 rings (SSSR count). The predicted molar refractivity (Wildman–Crippen MR) is 136 cm³/mol. The molecule has 0 spiro atoms. The highest BCUT2D eigenvalue weighted by molar-refractivity contribution is 6.30. The van der Waals surface area contributed by atoms with E-state index in [1.807, 2.05) is 30.3 Å². The zero-order valence-corrected chi connectivity index (χ0v) is 20.3. The van der Waals surface area contributed by atoms with Gasteiger partial charge in [-0.05, 0) is 49.2 Å². The van der Waals surface area contributed by atoms with Crippen molar-refractivity contribution in [1.82, 2.24) is 29.5 Å². The number of nitrogens with one attached hydrogen (secondary N) is 2. The number of hydrogen-bond acceptors (Lipinski definition) is 6. The fourth-order valence-corrected chi connectivity index (χ4v) is 3.99. The molecule has 0 aliphatic heterocycles. The van der Waals surface area contributed by atoms with Gasteiger partial charge in [0.15, 0.2) is 5.65 Å². The van der Waals surface area contributed by atoms with Crippen LogP contribution >= 0.6 is 11.6 Å². The number of rotatable bonds is 7. The minimum Gasteiger partial charge on any atom is -0.497 e. The number of aromatic nitrogens is 6. The summed E-state index contributed by atoms with van der Waals surface area (Å²) in [7, 11) is 1.61. The van der Waals surface area contributed by atoms with Crippen molar-refractivity contribution in [3.8, 4) is 17.4 Å². The van der Waals surface area contributed by atoms with E-state index in [4.69, 9.17) is 16.3 Å². The SMILES string of the molecule is COc1ccc(CCC(=O)Nc2cc(C)nn2-c2nc3c(cnn3-c3cccc(Cl)c3)c(=O)[nH]2)cc1. The molecular weight excluding hydrogens is 482 g/mol. The van der Waals surface area contributed by atoms with Gasteiger partial charge < -0.3 is 10.1 Å². The maximum Gasteiger partial charge on any atom is 0.263 e. The van der Waals surface area contributed by atoms with Crippen LogP contribution in [0, 0.1) is 6.92 Å². The van der Waals surface area contributed by atoms with E-state index in [1.165, 1.54) is 15.6 Å². The standard InChI is InChI=1S/C25H22ClN7O3/c1-15-12-21(28-22(34)11-8-16-6-9-19(36-2)10-7-16)33(31-15)25-29-23-20(24(35)30-25)14-27-32(23)18-5-3-4-17(26)13-18/h3-7,9-10,12-14H,8,11H2,1-2H3,(H,28,34)(H,29,30,35). The second-order valence-corrected chi connectivity index (χ2v) is 8.58. The minimum absolute atomic E-state index is 0.148. The largest absolute Gasteiger partial charge is 0.497 e. The summed E-state index contributed by atoms with van der Waals surface area (Å²) < 4.78 is 8.10. The monoisotopic (exact) mass is 503 g/mol. The van der Waals surface area contributed by atoms with Crippen molar-refractivity contribution in [3.05, 3.63) is 87.4 Å². The second-order valence-electron chi connectivity index (χ2n) is 8.14. The zero-order chi connectivity index (χ0) is 25.2. The average molecular weight is 504 g/mol. The Morgan fingerprint density at radius 2 is 1.94 bits per heavy atom. The van der Waals surface area contributed by atoms with E-state index in [-0.39, 0.29) is 23.8 Å². The Labute approximate surface area is 210 Å². The van der Waals surface area contributed by atoms with Gasteiger partial charge in [-0.15, -0.1) is 0 Å². The highest BCUT2D eigenvalue weighted by atomic mass is 35.5. The van der Waals surface area contributed by atoms with Crippen LogP contribution < -0.4 is 15.6 Å². The van der Waals surface area contributed by atoms with Gasteiger partial charge in [-0.25, -0.2) is 4.68 Å². The van der Waals surface area contributed by atoms with Gasteiger partial charge in [0.05, 0.1) is 24.7 Å². The molecule has 3 heterocycles. The van der Waals surface area contributed by atoms with E-state index in [9.17, 15) is 9.59 Å². The molecule has 2 aromatic carbocycles. The third-order valence-electron chi connectivity index (χ3n) is 5.58. The van der Waals surface area contributed by atoms with E-state index in [0.717, 1.165) is 11.3 Å². The fourth-order valence-electron chi connectivity index (χ4n) is 3.81. The summed E-state index contributed by atoms with van der Waals surface area (Å²) in [6, 6.07) is 16.4. The second kappa shape index (κ2) is 9.67. The van der Waals surface area contributed by atoms with Gasteiger partial charge in [0.25, 0.3) is 5.56 Å². The van der Waals surface area contributed by atoms with Gasteiger partial charge in [0, 0.05) is 17.5 Å². The summed E-state index contributed by atoms with van der Waals surface area (Å²) >= 11 is 6.13. The molecule has 0 bridgehead atoms. The number of carbonyl (C=O) groups excluding carboxylic acids is 1. The molecule has 2 N–H and O–H groups in total. The number of ether oxygens (including phenoxy) is 1. The predicted octanol–water partition coefficient (Wildman–Crippen LogP) is 3.84. The number of halogens is 1. The molecular formula is C25H22ClN7O3. The fraction of sp³-hybridized carbons (Fsp3) is 0.160. The number of carbonyl (C=O) groups is 1. The highest BCUT2D eigenvalue weighted by Crippen LogP contribution is 2.20. The summed E-state index contributed by atoms with van der Waals surface area (Å²) in [5, 5.41) is 12.5. The van der Waals surface area contributed by atoms with Gasteiger partial charge in [-0.2, -0.15) is 19.9 Å². The van der Waals surface area contributed by atoms with Gasteiger partial charge in [-0.1, -0.05) is 29.8 Å². The lowest BCUT2D eigenvalue weighted by Gasteiger charge is -2.09. The average Bonchev–Trinajstić information content (AvgIpc) is 3.46. The molecule has 0 saturated carbocycles. The van der Waals surface area contributed by atoms with E-state index in [0.29, 0.717) is 39.7 Å². The maximum absolute atomic E-state index is 12.8. The third kappa shape index (κ3) is 4.71. The van der Waals surface area contributed by atoms with Crippen molar-refractivity contribution in [3.63, 3.8) is 0 Å². The summed E-state index contributed by atoms with van der Waals surface area (Å²) in [6.07, 6.45) is 2.27. The first-order chi connectivity index (χ1) is 17.4. The molecule has 0 unspecified atom stereocenters. The summed E-state index contributed by atoms with van der Waals surface area (Å²) in [5.74, 6) is 1.11. The van der Waals surface area contributed by atoms with Crippen LogP contribution in [0.4, 0.5) is 5.82 Å². The van der Waals surface area contributed by atoms with E-state index < -0.39 is 0 Å². The van der Waals surface area contributed by atoms with Gasteiger partial charge in [0.1, 0.15) is 17.0 Å². The molecule has 0 aliphatic rings. The van der Waals surface area contributed by atoms with Crippen molar-refractivity contribution in [2.75, 3.05) is 12.4 Å². The minimum atomic E-state index is -0.381. The van der Waals surface area contributed by atoms with Crippen molar-refractivity contribution >= 4 is 34.4 Å². The van der Waals surface area contributed by atoms with E-state index in [1.54, 1.807) is 38.3 Å². The Morgan fingerprint density at radius 1 is 1.14 bits per heavy atom. The van der Waals surface area contributed by atoms with Crippen LogP contribution in [-0.2, 0) is 11.2 Å². The molecule has 0 atom stereocenters. The number of hydrogen-bond donors (Lipinski definition) is 2. The van der Waals surface area contributed by atoms with E-state index in [2.05, 4.69) is 25.5 Å². The smallest absolute Gasteiger partial charge is 0.263 e. The topological polar surface area (TPSA) is 120 Å². The molecule has 10 nitrogen and oxygen atoms in total. The van der Waals surface area contributed by atoms with E-state index >= 15 is 0 Å². The molecule has 36 heavy (non-hydrogen) atoms.